The number of hydrogen-bond acceptors (Lipinski definition) is 5. The summed E-state index contributed by atoms with van der Waals surface area (Å²) in [5.41, 5.74) is 7.88. The van der Waals surface area contributed by atoms with Crippen LogP contribution in [0.4, 0.5) is 5.82 Å². The van der Waals surface area contributed by atoms with Gasteiger partial charge >= 0.3 is 0 Å². The van der Waals surface area contributed by atoms with Crippen molar-refractivity contribution in [2.45, 2.75) is 26.8 Å². The molecule has 0 bridgehead atoms. The van der Waals surface area contributed by atoms with Crippen molar-refractivity contribution < 1.29 is 4.79 Å². The van der Waals surface area contributed by atoms with Gasteiger partial charge < -0.3 is 16.0 Å². The van der Waals surface area contributed by atoms with Crippen LogP contribution in [0.15, 0.2) is 36.4 Å². The zero-order chi connectivity index (χ0) is 19.4. The molecule has 7 heteroatoms. The monoisotopic (exact) mass is 366 g/mol. The number of likely N-dealkylation sites (N-methyl/N-ethyl adjacent to an activating group) is 1. The van der Waals surface area contributed by atoms with Gasteiger partial charge in [-0.25, -0.2) is 9.97 Å². The fourth-order valence-electron chi connectivity index (χ4n) is 3.25. The maximum atomic E-state index is 11.6. The Balaban J connectivity index is 1.82. The molecule has 1 aromatic carbocycles. The van der Waals surface area contributed by atoms with Crippen molar-refractivity contribution in [3.8, 4) is 11.5 Å². The van der Waals surface area contributed by atoms with Crippen LogP contribution in [0.25, 0.3) is 22.6 Å². The molecule has 1 amide bonds. The Morgan fingerprint density at radius 3 is 2.63 bits per heavy atom. The first-order valence-electron chi connectivity index (χ1n) is 9.27. The lowest BCUT2D eigenvalue weighted by molar-refractivity contribution is 0.100. The van der Waals surface area contributed by atoms with E-state index in [9.17, 15) is 4.79 Å². The largest absolute Gasteiger partial charge is 0.368 e. The molecule has 0 aliphatic rings. The van der Waals surface area contributed by atoms with Crippen molar-refractivity contribution in [3.05, 3.63) is 42.0 Å². The average Bonchev–Trinajstić information content (AvgIpc) is 3.11. The van der Waals surface area contributed by atoms with E-state index in [1.165, 1.54) is 0 Å². The number of benzene rings is 1. The van der Waals surface area contributed by atoms with Crippen molar-refractivity contribution in [2.75, 3.05) is 25.0 Å². The molecule has 1 atom stereocenters. The molecule has 3 rings (SSSR count). The van der Waals surface area contributed by atoms with Gasteiger partial charge in [0, 0.05) is 12.6 Å². The predicted octanol–water partition coefficient (Wildman–Crippen LogP) is 2.87. The standard InChI is InChI=1S/C20H26N6O/c1-4-26(5-2)13(3)12-22-17-11-7-10-16(23-17)20-24-15-9-6-8-14(19(21)27)18(15)25-20/h6-11,13H,4-5,12H2,1-3H3,(H2,21,27)(H,22,23)(H,24,25). The van der Waals surface area contributed by atoms with Gasteiger partial charge in [-0.2, -0.15) is 0 Å². The van der Waals surface area contributed by atoms with E-state index in [2.05, 4.69) is 45.9 Å². The number of imidazole rings is 1. The number of H-pyrrole nitrogens is 1. The van der Waals surface area contributed by atoms with Crippen molar-refractivity contribution >= 4 is 22.8 Å². The van der Waals surface area contributed by atoms with Crippen molar-refractivity contribution in [2.24, 2.45) is 5.73 Å². The number of nitrogens with one attached hydrogen (secondary N) is 2. The molecule has 0 saturated heterocycles. The molecule has 0 spiro atoms. The number of aromatic amines is 1. The third-order valence-electron chi connectivity index (χ3n) is 4.78. The molecule has 0 saturated carbocycles. The van der Waals surface area contributed by atoms with E-state index < -0.39 is 5.91 Å². The van der Waals surface area contributed by atoms with E-state index in [-0.39, 0.29) is 0 Å². The molecule has 0 aliphatic carbocycles. The van der Waals surface area contributed by atoms with Gasteiger partial charge in [-0.3, -0.25) is 9.69 Å². The number of fused-ring (bicyclic) bond motifs is 1. The number of carbonyl (C=O) groups excluding carboxylic acids is 1. The van der Waals surface area contributed by atoms with E-state index >= 15 is 0 Å². The average molecular weight is 366 g/mol. The van der Waals surface area contributed by atoms with Crippen LogP contribution >= 0.6 is 0 Å². The summed E-state index contributed by atoms with van der Waals surface area (Å²) in [6.45, 7) is 9.39. The lowest BCUT2D eigenvalue weighted by atomic mass is 10.2. The number of carbonyl (C=O) groups is 1. The van der Waals surface area contributed by atoms with E-state index in [1.807, 2.05) is 24.3 Å². The molecule has 0 aliphatic heterocycles. The van der Waals surface area contributed by atoms with Crippen LogP contribution in [-0.2, 0) is 0 Å². The summed E-state index contributed by atoms with van der Waals surface area (Å²) in [7, 11) is 0. The minimum atomic E-state index is -0.493. The second-order valence-corrected chi connectivity index (χ2v) is 6.51. The smallest absolute Gasteiger partial charge is 0.250 e. The Labute approximate surface area is 159 Å². The lowest BCUT2D eigenvalue weighted by Crippen LogP contribution is -2.37. The molecular weight excluding hydrogens is 340 g/mol. The molecule has 7 nitrogen and oxygen atoms in total. The summed E-state index contributed by atoms with van der Waals surface area (Å²) in [5.74, 6) is 0.911. The topological polar surface area (TPSA) is 99.9 Å². The highest BCUT2D eigenvalue weighted by atomic mass is 16.1. The minimum Gasteiger partial charge on any atom is -0.368 e. The van der Waals surface area contributed by atoms with Gasteiger partial charge in [0.05, 0.1) is 11.1 Å². The van der Waals surface area contributed by atoms with Crippen molar-refractivity contribution in [1.29, 1.82) is 0 Å². The number of para-hydroxylation sites is 1. The number of pyridine rings is 1. The molecule has 2 aromatic heterocycles. The number of nitrogens with two attached hydrogens (primary N) is 1. The second-order valence-electron chi connectivity index (χ2n) is 6.51. The Bertz CT molecular complexity index is 931. The Hall–Kier alpha value is -2.93. The maximum absolute atomic E-state index is 11.6. The van der Waals surface area contributed by atoms with Gasteiger partial charge in [-0.1, -0.05) is 26.0 Å². The molecule has 1 unspecified atom stereocenters. The zero-order valence-electron chi connectivity index (χ0n) is 16.0. The Morgan fingerprint density at radius 1 is 1.19 bits per heavy atom. The number of nitrogens with zero attached hydrogens (tertiary/aromatic N) is 3. The number of hydrogen-bond donors (Lipinski definition) is 3. The number of anilines is 1. The number of amides is 1. The molecule has 2 heterocycles. The maximum Gasteiger partial charge on any atom is 0.250 e. The van der Waals surface area contributed by atoms with Crippen LogP contribution in [0.2, 0.25) is 0 Å². The van der Waals surface area contributed by atoms with E-state index in [1.54, 1.807) is 12.1 Å². The number of rotatable bonds is 8. The summed E-state index contributed by atoms with van der Waals surface area (Å²) in [5, 5.41) is 3.40. The van der Waals surface area contributed by atoms with E-state index in [0.29, 0.717) is 28.6 Å². The van der Waals surface area contributed by atoms with Gasteiger partial charge in [-0.15, -0.1) is 0 Å². The van der Waals surface area contributed by atoms with Crippen LogP contribution in [0.1, 0.15) is 31.1 Å². The molecule has 142 valence electrons. The fourth-order valence-corrected chi connectivity index (χ4v) is 3.25. The van der Waals surface area contributed by atoms with Gasteiger partial charge in [0.25, 0.3) is 5.91 Å². The van der Waals surface area contributed by atoms with Gasteiger partial charge in [0.2, 0.25) is 0 Å². The summed E-state index contributed by atoms with van der Waals surface area (Å²) in [4.78, 5) is 26.4. The van der Waals surface area contributed by atoms with E-state index in [4.69, 9.17) is 5.73 Å². The SMILES string of the molecule is CCN(CC)C(C)CNc1cccc(-c2nc3c(C(N)=O)cccc3[nH]2)n1. The quantitative estimate of drug-likeness (QED) is 0.569. The third kappa shape index (κ3) is 4.09. The first kappa shape index (κ1) is 18.8. The van der Waals surface area contributed by atoms with Crippen LogP contribution in [0, 0.1) is 0 Å². The molecule has 0 fully saturated rings. The molecule has 0 radical (unpaired) electrons. The van der Waals surface area contributed by atoms with Crippen LogP contribution < -0.4 is 11.1 Å². The summed E-state index contributed by atoms with van der Waals surface area (Å²) >= 11 is 0. The van der Waals surface area contributed by atoms with Crippen LogP contribution in [0.3, 0.4) is 0 Å². The Kier molecular flexibility index (Phi) is 5.71. The number of primary amides is 1. The molecular formula is C20H26N6O. The number of aromatic nitrogens is 3. The van der Waals surface area contributed by atoms with Crippen molar-refractivity contribution in [3.63, 3.8) is 0 Å². The first-order valence-corrected chi connectivity index (χ1v) is 9.27. The first-order chi connectivity index (χ1) is 13.0. The summed E-state index contributed by atoms with van der Waals surface area (Å²) in [6.07, 6.45) is 0. The van der Waals surface area contributed by atoms with E-state index in [0.717, 1.165) is 31.0 Å². The third-order valence-corrected chi connectivity index (χ3v) is 4.78. The highest BCUT2D eigenvalue weighted by Crippen LogP contribution is 2.22. The summed E-state index contributed by atoms with van der Waals surface area (Å²) < 4.78 is 0. The lowest BCUT2D eigenvalue weighted by Gasteiger charge is -2.26. The van der Waals surface area contributed by atoms with Gasteiger partial charge in [0.1, 0.15) is 17.0 Å². The second kappa shape index (κ2) is 8.18. The van der Waals surface area contributed by atoms with Crippen LogP contribution in [-0.4, -0.2) is 51.4 Å². The highest BCUT2D eigenvalue weighted by molar-refractivity contribution is 6.04. The molecule has 3 aromatic rings. The normalized spacial score (nSPS) is 12.4. The fraction of sp³-hybridized carbons (Fsp3) is 0.350. The van der Waals surface area contributed by atoms with Crippen molar-refractivity contribution in [1.82, 2.24) is 19.9 Å². The highest BCUT2D eigenvalue weighted by Gasteiger charge is 2.14. The van der Waals surface area contributed by atoms with Gasteiger partial charge in [0.15, 0.2) is 5.82 Å². The van der Waals surface area contributed by atoms with Crippen LogP contribution in [0.5, 0.6) is 0 Å². The predicted molar refractivity (Wildman–Crippen MR) is 109 cm³/mol. The Morgan fingerprint density at radius 2 is 1.93 bits per heavy atom. The van der Waals surface area contributed by atoms with Gasteiger partial charge in [-0.05, 0) is 44.3 Å². The zero-order valence-corrected chi connectivity index (χ0v) is 16.0. The minimum absolute atomic E-state index is 0.400. The molecule has 27 heavy (non-hydrogen) atoms. The summed E-state index contributed by atoms with van der Waals surface area (Å²) in [6, 6.07) is 11.5. The molecule has 4 N–H and O–H groups in total.